The van der Waals surface area contributed by atoms with Gasteiger partial charge in [-0.05, 0) is 30.9 Å². The summed E-state index contributed by atoms with van der Waals surface area (Å²) in [7, 11) is 2.03. The number of likely N-dealkylation sites (N-methyl/N-ethyl adjacent to an activating group) is 1. The highest BCUT2D eigenvalue weighted by molar-refractivity contribution is 7.99. The van der Waals surface area contributed by atoms with Crippen LogP contribution in [-0.4, -0.2) is 29.6 Å². The molecule has 0 aliphatic heterocycles. The molecule has 1 rings (SSSR count). The van der Waals surface area contributed by atoms with Crippen molar-refractivity contribution in [2.24, 2.45) is 0 Å². The van der Waals surface area contributed by atoms with Crippen molar-refractivity contribution in [3.8, 4) is 0 Å². The molecule has 0 aliphatic rings. The quantitative estimate of drug-likeness (QED) is 0.790. The number of aromatic nitrogens is 1. The average molecular weight is 238 g/mol. The Hall–Kier alpha value is -0.540. The molecule has 1 aromatic rings. The summed E-state index contributed by atoms with van der Waals surface area (Å²) in [6.45, 7) is 4.36. The van der Waals surface area contributed by atoms with Gasteiger partial charge in [-0.25, -0.2) is 0 Å². The van der Waals surface area contributed by atoms with Crippen LogP contribution in [0, 0.1) is 0 Å². The van der Waals surface area contributed by atoms with Gasteiger partial charge in [-0.2, -0.15) is 11.8 Å². The van der Waals surface area contributed by atoms with E-state index in [1.165, 1.54) is 17.0 Å². The zero-order valence-electron chi connectivity index (χ0n) is 10.5. The maximum absolute atomic E-state index is 4.50. The third kappa shape index (κ3) is 4.54. The molecule has 16 heavy (non-hydrogen) atoms. The summed E-state index contributed by atoms with van der Waals surface area (Å²) >= 11 is 1.98. The summed E-state index contributed by atoms with van der Waals surface area (Å²) in [5.41, 5.74) is 2.50. The molecule has 3 heteroatoms. The first-order valence-corrected chi connectivity index (χ1v) is 7.14. The Kier molecular flexibility index (Phi) is 6.50. The van der Waals surface area contributed by atoms with Gasteiger partial charge in [-0.3, -0.25) is 4.98 Å². The van der Waals surface area contributed by atoms with E-state index >= 15 is 0 Å². The molecule has 0 spiro atoms. The molecule has 0 aromatic carbocycles. The van der Waals surface area contributed by atoms with Gasteiger partial charge in [-0.15, -0.1) is 0 Å². The molecule has 1 N–H and O–H groups in total. The maximum Gasteiger partial charge on any atom is 0.0419 e. The number of hydrogen-bond acceptors (Lipinski definition) is 3. The lowest BCUT2D eigenvalue weighted by molar-refractivity contribution is 0.609. The minimum absolute atomic E-state index is 0.532. The van der Waals surface area contributed by atoms with Gasteiger partial charge in [0.15, 0.2) is 0 Å². The van der Waals surface area contributed by atoms with Gasteiger partial charge < -0.3 is 5.32 Å². The van der Waals surface area contributed by atoms with Crippen molar-refractivity contribution in [2.45, 2.75) is 32.7 Å². The molecule has 1 heterocycles. The average Bonchev–Trinajstić information content (AvgIpc) is 2.35. The predicted octanol–water partition coefficient (Wildman–Crippen LogP) is 2.53. The van der Waals surface area contributed by atoms with Crippen LogP contribution < -0.4 is 5.32 Å². The number of thioether (sulfide) groups is 1. The van der Waals surface area contributed by atoms with E-state index in [9.17, 15) is 0 Å². The van der Waals surface area contributed by atoms with Crippen LogP contribution in [0.5, 0.6) is 0 Å². The Morgan fingerprint density at radius 2 is 2.19 bits per heavy atom. The summed E-state index contributed by atoms with van der Waals surface area (Å²) in [5, 5.41) is 3.35. The van der Waals surface area contributed by atoms with Crippen molar-refractivity contribution < 1.29 is 0 Å². The van der Waals surface area contributed by atoms with Crippen molar-refractivity contribution in [2.75, 3.05) is 18.6 Å². The molecule has 0 saturated heterocycles. The molecule has 1 atom stereocenters. The molecule has 90 valence electrons. The molecule has 2 nitrogen and oxygen atoms in total. The summed E-state index contributed by atoms with van der Waals surface area (Å²) in [5.74, 6) is 2.34. The maximum atomic E-state index is 4.50. The molecule has 0 amide bonds. The van der Waals surface area contributed by atoms with Crippen molar-refractivity contribution in [3.05, 3.63) is 29.6 Å². The van der Waals surface area contributed by atoms with Crippen LogP contribution in [0.3, 0.4) is 0 Å². The number of nitrogens with one attached hydrogen (secondary N) is 1. The highest BCUT2D eigenvalue weighted by Gasteiger charge is 2.07. The van der Waals surface area contributed by atoms with Crippen LogP contribution in [0.25, 0.3) is 0 Å². The van der Waals surface area contributed by atoms with E-state index in [0.717, 1.165) is 18.6 Å². The molecule has 1 aromatic heterocycles. The fourth-order valence-electron chi connectivity index (χ4n) is 1.54. The second kappa shape index (κ2) is 7.69. The highest BCUT2D eigenvalue weighted by Crippen LogP contribution is 2.08. The normalized spacial score (nSPS) is 12.7. The number of nitrogens with zero attached hydrogens (tertiary/aromatic N) is 1. The minimum atomic E-state index is 0.532. The van der Waals surface area contributed by atoms with Crippen molar-refractivity contribution in [1.29, 1.82) is 0 Å². The fourth-order valence-corrected chi connectivity index (χ4v) is 2.35. The molecule has 1 unspecified atom stereocenters. The largest absolute Gasteiger partial charge is 0.316 e. The van der Waals surface area contributed by atoms with Gasteiger partial charge >= 0.3 is 0 Å². The Morgan fingerprint density at radius 1 is 1.38 bits per heavy atom. The molecule has 0 saturated carbocycles. The second-order valence-electron chi connectivity index (χ2n) is 3.86. The van der Waals surface area contributed by atoms with E-state index in [2.05, 4.69) is 36.3 Å². The number of rotatable bonds is 7. The van der Waals surface area contributed by atoms with E-state index in [1.807, 2.05) is 25.0 Å². The summed E-state index contributed by atoms with van der Waals surface area (Å²) in [6.07, 6.45) is 4.08. The highest BCUT2D eigenvalue weighted by atomic mass is 32.2. The topological polar surface area (TPSA) is 24.9 Å². The van der Waals surface area contributed by atoms with Crippen molar-refractivity contribution in [1.82, 2.24) is 10.3 Å². The SMILES string of the molecule is CCSCC(Cc1ccc(CC)cn1)NC. The Morgan fingerprint density at radius 3 is 2.69 bits per heavy atom. The monoisotopic (exact) mass is 238 g/mol. The number of pyridine rings is 1. The van der Waals surface area contributed by atoms with Crippen LogP contribution in [0.1, 0.15) is 25.1 Å². The van der Waals surface area contributed by atoms with E-state index in [-0.39, 0.29) is 0 Å². The van der Waals surface area contributed by atoms with Crippen LogP contribution in [0.2, 0.25) is 0 Å². The van der Waals surface area contributed by atoms with Gasteiger partial charge in [0.05, 0.1) is 0 Å². The first kappa shape index (κ1) is 13.5. The minimum Gasteiger partial charge on any atom is -0.316 e. The van der Waals surface area contributed by atoms with Gasteiger partial charge in [0.2, 0.25) is 0 Å². The van der Waals surface area contributed by atoms with E-state index in [0.29, 0.717) is 6.04 Å². The lowest BCUT2D eigenvalue weighted by Crippen LogP contribution is -2.30. The van der Waals surface area contributed by atoms with Crippen LogP contribution in [0.15, 0.2) is 18.3 Å². The van der Waals surface area contributed by atoms with Gasteiger partial charge in [0.25, 0.3) is 0 Å². The fraction of sp³-hybridized carbons (Fsp3) is 0.615. The summed E-state index contributed by atoms with van der Waals surface area (Å²) < 4.78 is 0. The first-order chi connectivity index (χ1) is 7.80. The Bertz CT molecular complexity index is 284. The summed E-state index contributed by atoms with van der Waals surface area (Å²) in [4.78, 5) is 4.50. The molecule has 0 fully saturated rings. The van der Waals surface area contributed by atoms with Gasteiger partial charge in [0, 0.05) is 30.1 Å². The third-order valence-corrected chi connectivity index (χ3v) is 3.73. The standard InChI is InChI=1S/C13H22N2S/c1-4-11-6-7-12(15-9-11)8-13(14-3)10-16-5-2/h6-7,9,13-14H,4-5,8,10H2,1-3H3. The zero-order valence-corrected chi connectivity index (χ0v) is 11.3. The molecule has 0 aliphatic carbocycles. The molecular formula is C13H22N2S. The van der Waals surface area contributed by atoms with E-state index in [4.69, 9.17) is 0 Å². The number of aryl methyl sites for hydroxylation is 1. The number of hydrogen-bond donors (Lipinski definition) is 1. The van der Waals surface area contributed by atoms with E-state index < -0.39 is 0 Å². The van der Waals surface area contributed by atoms with Gasteiger partial charge in [0.1, 0.15) is 0 Å². The van der Waals surface area contributed by atoms with Crippen LogP contribution >= 0.6 is 11.8 Å². The van der Waals surface area contributed by atoms with Crippen LogP contribution in [-0.2, 0) is 12.8 Å². The zero-order chi connectivity index (χ0) is 11.8. The Labute approximate surface area is 103 Å². The summed E-state index contributed by atoms with van der Waals surface area (Å²) in [6, 6.07) is 4.87. The molecule has 0 radical (unpaired) electrons. The third-order valence-electron chi connectivity index (χ3n) is 2.68. The lowest BCUT2D eigenvalue weighted by atomic mass is 10.1. The van der Waals surface area contributed by atoms with Crippen molar-refractivity contribution in [3.63, 3.8) is 0 Å². The van der Waals surface area contributed by atoms with Gasteiger partial charge in [-0.1, -0.05) is 19.9 Å². The van der Waals surface area contributed by atoms with Crippen LogP contribution in [0.4, 0.5) is 0 Å². The second-order valence-corrected chi connectivity index (χ2v) is 5.18. The lowest BCUT2D eigenvalue weighted by Gasteiger charge is -2.14. The molecule has 0 bridgehead atoms. The molecular weight excluding hydrogens is 216 g/mol. The van der Waals surface area contributed by atoms with E-state index in [1.54, 1.807) is 0 Å². The first-order valence-electron chi connectivity index (χ1n) is 5.99. The Balaban J connectivity index is 2.49. The predicted molar refractivity (Wildman–Crippen MR) is 73.2 cm³/mol. The smallest absolute Gasteiger partial charge is 0.0419 e. The van der Waals surface area contributed by atoms with Crippen molar-refractivity contribution >= 4 is 11.8 Å².